The first-order chi connectivity index (χ1) is 12.1. The van der Waals surface area contributed by atoms with E-state index in [1.54, 1.807) is 23.9 Å². The number of carbonyl (C=O) groups is 1. The number of ether oxygens (including phenoxy) is 1. The molecule has 0 unspecified atom stereocenters. The first-order valence-corrected chi connectivity index (χ1v) is 8.21. The summed E-state index contributed by atoms with van der Waals surface area (Å²) in [6.07, 6.45) is 3.01. The zero-order valence-electron chi connectivity index (χ0n) is 13.3. The number of aryl methyl sites for hydroxylation is 1. The molecule has 0 aliphatic heterocycles. The molecular formula is C18H13BrN4O2. The molecule has 0 spiro atoms. The lowest BCUT2D eigenvalue weighted by atomic mass is 10.2. The Labute approximate surface area is 152 Å². The highest BCUT2D eigenvalue weighted by Gasteiger charge is 2.18. The first kappa shape index (κ1) is 16.9. The van der Waals surface area contributed by atoms with E-state index in [1.165, 1.54) is 6.20 Å². The molecule has 0 aliphatic carbocycles. The minimum absolute atomic E-state index is 0.0655. The number of halogens is 1. The van der Waals surface area contributed by atoms with E-state index in [9.17, 15) is 10.1 Å². The molecule has 0 atom stereocenters. The summed E-state index contributed by atoms with van der Waals surface area (Å²) in [5.74, 6) is -0.517. The largest absolute Gasteiger partial charge is 0.455 e. The Bertz CT molecular complexity index is 961. The molecule has 0 amide bonds. The Morgan fingerprint density at radius 2 is 2.08 bits per heavy atom. The van der Waals surface area contributed by atoms with Crippen LogP contribution in [0, 0.1) is 18.3 Å². The minimum Gasteiger partial charge on any atom is -0.455 e. The summed E-state index contributed by atoms with van der Waals surface area (Å²) in [5.41, 5.74) is 2.64. The number of hydrogen-bond acceptors (Lipinski definition) is 5. The van der Waals surface area contributed by atoms with Gasteiger partial charge in [-0.05, 0) is 41.1 Å². The van der Waals surface area contributed by atoms with Crippen molar-refractivity contribution in [2.75, 3.05) is 0 Å². The van der Waals surface area contributed by atoms with Gasteiger partial charge in [-0.25, -0.2) is 9.48 Å². The normalized spacial score (nSPS) is 10.3. The average Bonchev–Trinajstić information content (AvgIpc) is 2.95. The van der Waals surface area contributed by atoms with Gasteiger partial charge in [-0.2, -0.15) is 10.4 Å². The van der Waals surface area contributed by atoms with Crippen LogP contribution in [0.5, 0.6) is 0 Å². The van der Waals surface area contributed by atoms with Crippen LogP contribution < -0.4 is 0 Å². The van der Waals surface area contributed by atoms with Gasteiger partial charge in [-0.3, -0.25) is 4.98 Å². The van der Waals surface area contributed by atoms with E-state index in [2.05, 4.69) is 32.1 Å². The minimum atomic E-state index is -0.517. The van der Waals surface area contributed by atoms with Gasteiger partial charge in [-0.1, -0.05) is 18.2 Å². The number of nitrogens with zero attached hydrogens (tertiary/aromatic N) is 4. The molecule has 124 valence electrons. The molecule has 0 saturated carbocycles. The zero-order chi connectivity index (χ0) is 17.8. The van der Waals surface area contributed by atoms with Crippen LogP contribution in [0.3, 0.4) is 0 Å². The summed E-state index contributed by atoms with van der Waals surface area (Å²) in [4.78, 5) is 16.2. The van der Waals surface area contributed by atoms with Crippen molar-refractivity contribution in [1.29, 1.82) is 5.26 Å². The van der Waals surface area contributed by atoms with Crippen LogP contribution in [-0.4, -0.2) is 20.7 Å². The third-order valence-corrected chi connectivity index (χ3v) is 3.98. The molecule has 0 fully saturated rings. The van der Waals surface area contributed by atoms with Crippen LogP contribution in [0.1, 0.15) is 27.3 Å². The van der Waals surface area contributed by atoms with Gasteiger partial charge < -0.3 is 4.74 Å². The summed E-state index contributed by atoms with van der Waals surface area (Å²) in [6, 6.07) is 13.1. The van der Waals surface area contributed by atoms with Crippen LogP contribution in [0.15, 0.2) is 53.3 Å². The second kappa shape index (κ2) is 7.28. The van der Waals surface area contributed by atoms with Gasteiger partial charge in [0.05, 0.1) is 22.6 Å². The molecule has 7 heteroatoms. The monoisotopic (exact) mass is 396 g/mol. The van der Waals surface area contributed by atoms with Crippen molar-refractivity contribution in [3.63, 3.8) is 0 Å². The predicted octanol–water partition coefficient (Wildman–Crippen LogP) is 3.57. The maximum absolute atomic E-state index is 12.2. The van der Waals surface area contributed by atoms with Gasteiger partial charge in [0, 0.05) is 16.9 Å². The van der Waals surface area contributed by atoms with Crippen molar-refractivity contribution < 1.29 is 9.53 Å². The summed E-state index contributed by atoms with van der Waals surface area (Å²) in [7, 11) is 0. The lowest BCUT2D eigenvalue weighted by molar-refractivity contribution is 0.0464. The van der Waals surface area contributed by atoms with Crippen LogP contribution in [0.25, 0.3) is 5.69 Å². The van der Waals surface area contributed by atoms with Gasteiger partial charge >= 0.3 is 5.97 Å². The first-order valence-electron chi connectivity index (χ1n) is 7.42. The Morgan fingerprint density at radius 3 is 2.76 bits per heavy atom. The number of hydrogen-bond donors (Lipinski definition) is 0. The van der Waals surface area contributed by atoms with E-state index in [1.807, 2.05) is 30.3 Å². The molecule has 2 heterocycles. The predicted molar refractivity (Wildman–Crippen MR) is 94.1 cm³/mol. The van der Waals surface area contributed by atoms with Crippen molar-refractivity contribution in [2.24, 2.45) is 0 Å². The van der Waals surface area contributed by atoms with Gasteiger partial charge in [0.25, 0.3) is 0 Å². The fourth-order valence-electron chi connectivity index (χ4n) is 2.38. The van der Waals surface area contributed by atoms with E-state index in [0.29, 0.717) is 27.0 Å². The Kier molecular flexibility index (Phi) is 4.91. The number of para-hydroxylation sites is 1. The van der Waals surface area contributed by atoms with Crippen LogP contribution in [0.4, 0.5) is 0 Å². The molecule has 0 aliphatic rings. The Morgan fingerprint density at radius 1 is 1.32 bits per heavy atom. The van der Waals surface area contributed by atoms with Gasteiger partial charge in [0.15, 0.2) is 0 Å². The van der Waals surface area contributed by atoms with Gasteiger partial charge in [-0.15, -0.1) is 0 Å². The second-order valence-corrected chi connectivity index (χ2v) is 6.15. The Hall–Kier alpha value is -2.98. The lowest BCUT2D eigenvalue weighted by Crippen LogP contribution is -2.10. The fourth-order valence-corrected chi connectivity index (χ4v) is 2.74. The van der Waals surface area contributed by atoms with E-state index >= 15 is 0 Å². The highest BCUT2D eigenvalue weighted by Crippen LogP contribution is 2.20. The van der Waals surface area contributed by atoms with E-state index in [-0.39, 0.29) is 6.61 Å². The average molecular weight is 397 g/mol. The third kappa shape index (κ3) is 3.59. The topological polar surface area (TPSA) is 80.8 Å². The number of carbonyl (C=O) groups excluding carboxylic acids is 1. The number of pyridine rings is 1. The molecule has 0 saturated heterocycles. The summed E-state index contributed by atoms with van der Waals surface area (Å²) < 4.78 is 7.69. The quantitative estimate of drug-likeness (QED) is 0.629. The highest BCUT2D eigenvalue weighted by molar-refractivity contribution is 9.10. The van der Waals surface area contributed by atoms with Crippen LogP contribution >= 0.6 is 15.9 Å². The lowest BCUT2D eigenvalue weighted by Gasteiger charge is -2.09. The molecule has 1 aromatic carbocycles. The molecule has 3 aromatic rings. The smallest absolute Gasteiger partial charge is 0.340 e. The van der Waals surface area contributed by atoms with Crippen molar-refractivity contribution in [2.45, 2.75) is 13.5 Å². The van der Waals surface area contributed by atoms with Crippen molar-refractivity contribution in [3.05, 3.63) is 75.8 Å². The number of nitriles is 1. The Balaban J connectivity index is 1.89. The summed E-state index contributed by atoms with van der Waals surface area (Å²) >= 11 is 3.27. The maximum atomic E-state index is 12.2. The molecule has 3 rings (SSSR count). The standard InChI is InChI=1S/C18H13BrN4O2/c1-12-16(8-20)17(23(22-12)15-5-3-2-4-6-15)11-25-18(24)13-7-14(19)10-21-9-13/h2-7,9-10H,11H2,1H3. The van der Waals surface area contributed by atoms with Crippen molar-refractivity contribution in [1.82, 2.24) is 14.8 Å². The SMILES string of the molecule is Cc1nn(-c2ccccc2)c(COC(=O)c2cncc(Br)c2)c1C#N. The van der Waals surface area contributed by atoms with Gasteiger partial charge in [0.1, 0.15) is 18.2 Å². The summed E-state index contributed by atoms with van der Waals surface area (Å²) in [5, 5.41) is 13.8. The van der Waals surface area contributed by atoms with E-state index < -0.39 is 5.97 Å². The molecular weight excluding hydrogens is 384 g/mol. The van der Waals surface area contributed by atoms with Gasteiger partial charge in [0.2, 0.25) is 0 Å². The number of benzene rings is 1. The van der Waals surface area contributed by atoms with Crippen molar-refractivity contribution >= 4 is 21.9 Å². The number of rotatable bonds is 4. The highest BCUT2D eigenvalue weighted by atomic mass is 79.9. The zero-order valence-corrected chi connectivity index (χ0v) is 14.9. The molecule has 25 heavy (non-hydrogen) atoms. The molecule has 2 aromatic heterocycles. The fraction of sp³-hybridized carbons (Fsp3) is 0.111. The molecule has 0 N–H and O–H groups in total. The summed E-state index contributed by atoms with van der Waals surface area (Å²) in [6.45, 7) is 1.69. The second-order valence-electron chi connectivity index (χ2n) is 5.23. The molecule has 6 nitrogen and oxygen atoms in total. The molecule has 0 bridgehead atoms. The maximum Gasteiger partial charge on any atom is 0.340 e. The van der Waals surface area contributed by atoms with Crippen LogP contribution in [0.2, 0.25) is 0 Å². The molecule has 0 radical (unpaired) electrons. The number of aromatic nitrogens is 3. The van der Waals surface area contributed by atoms with Crippen molar-refractivity contribution in [3.8, 4) is 11.8 Å². The van der Waals surface area contributed by atoms with E-state index in [0.717, 1.165) is 5.69 Å². The third-order valence-electron chi connectivity index (χ3n) is 3.55. The van der Waals surface area contributed by atoms with Crippen LogP contribution in [-0.2, 0) is 11.3 Å². The van der Waals surface area contributed by atoms with E-state index in [4.69, 9.17) is 4.74 Å². The number of esters is 1.